The number of nitrogens with zero attached hydrogens (tertiary/aromatic N) is 3. The van der Waals surface area contributed by atoms with Crippen molar-refractivity contribution < 1.29 is 19.4 Å². The van der Waals surface area contributed by atoms with E-state index in [9.17, 15) is 14.7 Å². The number of aryl methyl sites for hydroxylation is 1. The number of rotatable bonds is 7. The summed E-state index contributed by atoms with van der Waals surface area (Å²) in [6.45, 7) is 1.03. The van der Waals surface area contributed by atoms with Crippen LogP contribution in [0.25, 0.3) is 5.76 Å². The number of carbonyl (C=O) groups is 2. The average Bonchev–Trinajstić information content (AvgIpc) is 3.41. The molecule has 2 heterocycles. The van der Waals surface area contributed by atoms with Crippen LogP contribution in [-0.2, 0) is 16.1 Å². The lowest BCUT2D eigenvalue weighted by molar-refractivity contribution is -0.139. The standard InChI is InChI=1S/C24H22IN3O4/c1-32-19-5-2-4-17(14-19)22(29)20-21(16-6-8-18(25)9-7-16)28(24(31)23(20)30)12-3-11-27-13-10-26-15-27/h2,4-10,13-15,21,29H,3,11-12H2,1H3. The predicted octanol–water partition coefficient (Wildman–Crippen LogP) is 4.01. The molecule has 2 aromatic carbocycles. The first-order chi connectivity index (χ1) is 15.5. The summed E-state index contributed by atoms with van der Waals surface area (Å²) in [5.74, 6) is -0.947. The van der Waals surface area contributed by atoms with Gasteiger partial charge in [0.05, 0.1) is 25.1 Å². The molecule has 4 rings (SSSR count). The molecule has 32 heavy (non-hydrogen) atoms. The zero-order valence-electron chi connectivity index (χ0n) is 17.4. The van der Waals surface area contributed by atoms with E-state index < -0.39 is 17.7 Å². The van der Waals surface area contributed by atoms with Crippen molar-refractivity contribution in [2.24, 2.45) is 0 Å². The molecule has 3 aromatic rings. The van der Waals surface area contributed by atoms with Crippen molar-refractivity contribution in [3.63, 3.8) is 0 Å². The Hall–Kier alpha value is -3.14. The fraction of sp³-hybridized carbons (Fsp3) is 0.208. The van der Waals surface area contributed by atoms with Gasteiger partial charge in [0.25, 0.3) is 11.7 Å². The number of benzene rings is 2. The summed E-state index contributed by atoms with van der Waals surface area (Å²) >= 11 is 2.21. The van der Waals surface area contributed by atoms with E-state index in [1.807, 2.05) is 35.0 Å². The van der Waals surface area contributed by atoms with Gasteiger partial charge in [-0.05, 0) is 58.8 Å². The summed E-state index contributed by atoms with van der Waals surface area (Å²) in [6, 6.07) is 13.8. The number of amides is 1. The van der Waals surface area contributed by atoms with Crippen molar-refractivity contribution in [1.29, 1.82) is 0 Å². The van der Waals surface area contributed by atoms with Crippen molar-refractivity contribution in [1.82, 2.24) is 14.5 Å². The molecule has 0 aliphatic carbocycles. The molecule has 1 saturated heterocycles. The maximum absolute atomic E-state index is 13.1. The van der Waals surface area contributed by atoms with Crippen LogP contribution in [-0.4, -0.2) is 44.9 Å². The van der Waals surface area contributed by atoms with E-state index in [2.05, 4.69) is 27.6 Å². The van der Waals surface area contributed by atoms with E-state index in [1.54, 1.807) is 41.7 Å². The molecule has 0 radical (unpaired) electrons. The van der Waals surface area contributed by atoms with Crippen molar-refractivity contribution in [3.05, 3.63) is 87.5 Å². The topological polar surface area (TPSA) is 84.7 Å². The zero-order valence-corrected chi connectivity index (χ0v) is 19.6. The number of aliphatic hydroxyl groups is 1. The number of carbonyl (C=O) groups excluding carboxylic acids is 2. The van der Waals surface area contributed by atoms with Gasteiger partial charge in [0.15, 0.2) is 0 Å². The van der Waals surface area contributed by atoms with Crippen LogP contribution in [0.2, 0.25) is 0 Å². The van der Waals surface area contributed by atoms with Crippen LogP contribution in [0.1, 0.15) is 23.6 Å². The molecule has 8 heteroatoms. The molecule has 1 aromatic heterocycles. The normalized spacial score (nSPS) is 17.7. The minimum atomic E-state index is -0.684. The predicted molar refractivity (Wildman–Crippen MR) is 128 cm³/mol. The first-order valence-electron chi connectivity index (χ1n) is 10.1. The van der Waals surface area contributed by atoms with E-state index >= 15 is 0 Å². The molecular formula is C24H22IN3O4. The third-order valence-electron chi connectivity index (χ3n) is 5.44. The smallest absolute Gasteiger partial charge is 0.295 e. The van der Waals surface area contributed by atoms with E-state index in [0.29, 0.717) is 30.8 Å². The Kier molecular flexibility index (Phi) is 6.59. The first-order valence-corrected chi connectivity index (χ1v) is 11.2. The number of ether oxygens (including phenoxy) is 1. The molecule has 164 valence electrons. The number of methoxy groups -OCH3 is 1. The number of hydrogen-bond donors (Lipinski definition) is 1. The van der Waals surface area contributed by atoms with Gasteiger partial charge in [0.2, 0.25) is 0 Å². The molecule has 1 atom stereocenters. The maximum atomic E-state index is 13.1. The highest BCUT2D eigenvalue weighted by Gasteiger charge is 2.45. The van der Waals surface area contributed by atoms with Crippen molar-refractivity contribution in [2.45, 2.75) is 19.0 Å². The molecule has 0 spiro atoms. The molecule has 0 bridgehead atoms. The highest BCUT2D eigenvalue weighted by Crippen LogP contribution is 2.40. The Morgan fingerprint density at radius 1 is 1.16 bits per heavy atom. The molecule has 1 aliphatic heterocycles. The lowest BCUT2D eigenvalue weighted by Gasteiger charge is -2.25. The highest BCUT2D eigenvalue weighted by atomic mass is 127. The first kappa shape index (κ1) is 22.1. The van der Waals surface area contributed by atoms with E-state index in [0.717, 1.165) is 9.13 Å². The van der Waals surface area contributed by atoms with Gasteiger partial charge in [0, 0.05) is 34.6 Å². The van der Waals surface area contributed by atoms with E-state index in [-0.39, 0.29) is 11.3 Å². The van der Waals surface area contributed by atoms with Gasteiger partial charge in [-0.25, -0.2) is 4.98 Å². The number of halogens is 1. The molecule has 1 amide bonds. The van der Waals surface area contributed by atoms with Crippen LogP contribution in [0.5, 0.6) is 5.75 Å². The monoisotopic (exact) mass is 543 g/mol. The fourth-order valence-electron chi connectivity index (χ4n) is 3.87. The Morgan fingerprint density at radius 3 is 2.62 bits per heavy atom. The highest BCUT2D eigenvalue weighted by molar-refractivity contribution is 14.1. The largest absolute Gasteiger partial charge is 0.507 e. The summed E-state index contributed by atoms with van der Waals surface area (Å²) in [5.41, 5.74) is 1.29. The number of aliphatic hydroxyl groups excluding tert-OH is 1. The fourth-order valence-corrected chi connectivity index (χ4v) is 4.23. The van der Waals surface area contributed by atoms with Crippen molar-refractivity contribution in [2.75, 3.05) is 13.7 Å². The van der Waals surface area contributed by atoms with Crippen LogP contribution in [0.4, 0.5) is 0 Å². The molecule has 1 aliphatic rings. The number of likely N-dealkylation sites (tertiary alicyclic amines) is 1. The lowest BCUT2D eigenvalue weighted by Crippen LogP contribution is -2.31. The van der Waals surface area contributed by atoms with Crippen LogP contribution < -0.4 is 4.74 Å². The summed E-state index contributed by atoms with van der Waals surface area (Å²) in [4.78, 5) is 31.7. The lowest BCUT2D eigenvalue weighted by atomic mass is 9.95. The van der Waals surface area contributed by atoms with Gasteiger partial charge in [-0.2, -0.15) is 0 Å². The van der Waals surface area contributed by atoms with Gasteiger partial charge in [0.1, 0.15) is 11.5 Å². The summed E-state index contributed by atoms with van der Waals surface area (Å²) in [5, 5.41) is 11.1. The van der Waals surface area contributed by atoms with Gasteiger partial charge < -0.3 is 19.3 Å². The van der Waals surface area contributed by atoms with E-state index in [1.165, 1.54) is 7.11 Å². The van der Waals surface area contributed by atoms with Gasteiger partial charge >= 0.3 is 0 Å². The Balaban J connectivity index is 1.73. The van der Waals surface area contributed by atoms with Crippen molar-refractivity contribution >= 4 is 40.0 Å². The van der Waals surface area contributed by atoms with Crippen LogP contribution in [0.3, 0.4) is 0 Å². The molecule has 1 N–H and O–H groups in total. The number of imidazole rings is 1. The Morgan fingerprint density at radius 2 is 1.94 bits per heavy atom. The molecule has 1 unspecified atom stereocenters. The molecular weight excluding hydrogens is 521 g/mol. The summed E-state index contributed by atoms with van der Waals surface area (Å²) in [7, 11) is 1.53. The molecule has 0 saturated carbocycles. The van der Waals surface area contributed by atoms with Gasteiger partial charge in [-0.1, -0.05) is 24.3 Å². The quantitative estimate of drug-likeness (QED) is 0.211. The van der Waals surface area contributed by atoms with E-state index in [4.69, 9.17) is 4.74 Å². The zero-order chi connectivity index (χ0) is 22.7. The minimum absolute atomic E-state index is 0.0899. The number of aromatic nitrogens is 2. The summed E-state index contributed by atoms with van der Waals surface area (Å²) < 4.78 is 8.21. The SMILES string of the molecule is COc1cccc(C(O)=C2C(=O)C(=O)N(CCCn3ccnc3)C2c2ccc(I)cc2)c1. The number of hydrogen-bond acceptors (Lipinski definition) is 5. The second-order valence-electron chi connectivity index (χ2n) is 7.43. The van der Waals surface area contributed by atoms with Gasteiger partial charge in [-0.3, -0.25) is 9.59 Å². The third-order valence-corrected chi connectivity index (χ3v) is 6.16. The average molecular weight is 543 g/mol. The maximum Gasteiger partial charge on any atom is 0.295 e. The molecule has 1 fully saturated rings. The minimum Gasteiger partial charge on any atom is -0.507 e. The third kappa shape index (κ3) is 4.40. The van der Waals surface area contributed by atoms with Crippen LogP contribution in [0.15, 0.2) is 72.8 Å². The van der Waals surface area contributed by atoms with Crippen molar-refractivity contribution in [3.8, 4) is 5.75 Å². The Bertz CT molecular complexity index is 1160. The number of Topliss-reactive ketones (excluding diaryl/α,β-unsaturated/α-hetero) is 1. The van der Waals surface area contributed by atoms with Crippen LogP contribution >= 0.6 is 22.6 Å². The number of ketones is 1. The second kappa shape index (κ2) is 9.56. The van der Waals surface area contributed by atoms with Crippen LogP contribution in [0, 0.1) is 3.57 Å². The molecule has 7 nitrogen and oxygen atoms in total. The van der Waals surface area contributed by atoms with Gasteiger partial charge in [-0.15, -0.1) is 0 Å². The summed E-state index contributed by atoms with van der Waals surface area (Å²) in [6.07, 6.45) is 5.91. The second-order valence-corrected chi connectivity index (χ2v) is 8.68. The Labute approximate surface area is 199 Å².